The molecule has 0 aliphatic carbocycles. The largest absolute Gasteiger partial charge is 0.496 e. The van der Waals surface area contributed by atoms with Crippen molar-refractivity contribution < 1.29 is 18.3 Å². The molecule has 0 unspecified atom stereocenters. The van der Waals surface area contributed by atoms with Crippen LogP contribution < -0.4 is 4.74 Å². The fraction of sp³-hybridized carbons (Fsp3) is 0.0909. The Morgan fingerprint density at radius 3 is 2.55 bits per heavy atom. The smallest absolute Gasteiger partial charge is 0.280 e. The minimum atomic E-state index is -2.79. The monoisotopic (exact) mass is 578 g/mol. The Morgan fingerprint density at radius 2 is 1.88 bits per heavy atom. The molecule has 0 amide bonds. The number of methoxy groups -OCH3 is 1. The second-order valence-electron chi connectivity index (χ2n) is 9.13. The third-order valence-electron chi connectivity index (χ3n) is 6.48. The second-order valence-corrected chi connectivity index (χ2v) is 10.1. The molecule has 0 fully saturated rings. The molecule has 2 aromatic heterocycles. The highest BCUT2D eigenvalue weighted by atomic mass is 32.2. The minimum absolute atomic E-state index is 0.154. The number of hydrogen-bond donors (Lipinski definition) is 0. The summed E-state index contributed by atoms with van der Waals surface area (Å²) in [4.78, 5) is 21.0. The molecule has 0 radical (unpaired) electrons. The maximum atomic E-state index is 13.8. The fourth-order valence-electron chi connectivity index (χ4n) is 4.35. The number of hydrogen-bond acceptors (Lipinski definition) is 6. The van der Waals surface area contributed by atoms with Crippen molar-refractivity contribution in [2.75, 3.05) is 7.11 Å². The second kappa shape index (κ2) is 13.1. The highest BCUT2D eigenvalue weighted by Crippen LogP contribution is 2.36. The summed E-state index contributed by atoms with van der Waals surface area (Å²) >= 11 is 1.18. The molecule has 0 aliphatic heterocycles. The number of carbonyl (C=O) groups is 1. The average Bonchev–Trinajstić information content (AvgIpc) is 3.58. The highest BCUT2D eigenvalue weighted by molar-refractivity contribution is 7.98. The lowest BCUT2D eigenvalue weighted by Crippen LogP contribution is -2.00. The van der Waals surface area contributed by atoms with Crippen molar-refractivity contribution in [3.05, 3.63) is 132 Å². The van der Waals surface area contributed by atoms with Gasteiger partial charge in [-0.3, -0.25) is 4.79 Å². The minimum Gasteiger partial charge on any atom is -0.496 e. The molecule has 5 aromatic rings. The molecule has 6 nitrogen and oxygen atoms in total. The number of imidazole rings is 1. The summed E-state index contributed by atoms with van der Waals surface area (Å²) in [5, 5.41) is 10.2. The van der Waals surface area contributed by atoms with E-state index in [1.807, 2.05) is 41.1 Å². The van der Waals surface area contributed by atoms with Crippen LogP contribution in [0.5, 0.6) is 5.75 Å². The zero-order valence-corrected chi connectivity index (χ0v) is 23.3. The van der Waals surface area contributed by atoms with Gasteiger partial charge in [0.1, 0.15) is 22.5 Å². The van der Waals surface area contributed by atoms with Gasteiger partial charge in [0, 0.05) is 40.5 Å². The number of aromatic nitrogens is 3. The lowest BCUT2D eigenvalue weighted by molar-refractivity contribution is 0.104. The molecule has 2 heterocycles. The zero-order chi connectivity index (χ0) is 29.5. The van der Waals surface area contributed by atoms with Crippen LogP contribution in [0.25, 0.3) is 22.9 Å². The quantitative estimate of drug-likeness (QED) is 0.0951. The number of pyridine rings is 1. The van der Waals surface area contributed by atoms with Crippen LogP contribution in [0, 0.1) is 11.3 Å². The Morgan fingerprint density at radius 1 is 1.10 bits per heavy atom. The van der Waals surface area contributed by atoms with Gasteiger partial charge in [0.05, 0.1) is 19.0 Å². The summed E-state index contributed by atoms with van der Waals surface area (Å²) in [5.41, 5.74) is 3.87. The topological polar surface area (TPSA) is 80.8 Å². The predicted octanol–water partition coefficient (Wildman–Crippen LogP) is 7.94. The van der Waals surface area contributed by atoms with E-state index in [1.165, 1.54) is 23.9 Å². The van der Waals surface area contributed by atoms with Gasteiger partial charge in [-0.2, -0.15) is 5.26 Å². The van der Waals surface area contributed by atoms with Crippen LogP contribution >= 0.6 is 11.8 Å². The first-order valence-corrected chi connectivity index (χ1v) is 13.8. The first-order valence-electron chi connectivity index (χ1n) is 12.9. The Hall–Kier alpha value is -5.07. The van der Waals surface area contributed by atoms with E-state index in [0.717, 1.165) is 16.8 Å². The summed E-state index contributed by atoms with van der Waals surface area (Å²) in [5.74, 6) is 0.740. The van der Waals surface area contributed by atoms with E-state index in [2.05, 4.69) is 16.0 Å². The molecule has 0 atom stereocenters. The first-order chi connectivity index (χ1) is 20.5. The third-order valence-corrected chi connectivity index (χ3v) is 7.50. The van der Waals surface area contributed by atoms with Crippen LogP contribution in [-0.2, 0) is 5.75 Å². The SMILES string of the molecule is COc1ccc(/C=C/C(=O)c2ccc(-n3ccnc3)cc2)cc1CSc1nc(C(F)F)cc(-c2ccccc2)c1C#N. The van der Waals surface area contributed by atoms with Crippen molar-refractivity contribution in [2.45, 2.75) is 17.2 Å². The molecular weight excluding hydrogens is 554 g/mol. The van der Waals surface area contributed by atoms with E-state index in [0.29, 0.717) is 28.2 Å². The maximum absolute atomic E-state index is 13.8. The third kappa shape index (κ3) is 6.45. The van der Waals surface area contributed by atoms with Gasteiger partial charge in [-0.25, -0.2) is 18.7 Å². The lowest BCUT2D eigenvalue weighted by Gasteiger charge is -2.13. The summed E-state index contributed by atoms with van der Waals surface area (Å²) in [6, 6.07) is 25.0. The van der Waals surface area contributed by atoms with Crippen molar-refractivity contribution in [3.8, 4) is 28.6 Å². The molecule has 9 heteroatoms. The van der Waals surface area contributed by atoms with Crippen molar-refractivity contribution in [1.82, 2.24) is 14.5 Å². The molecular formula is C33H24F2N4O2S. The molecule has 3 aromatic carbocycles. The number of nitriles is 1. The number of rotatable bonds is 10. The zero-order valence-electron chi connectivity index (χ0n) is 22.4. The molecule has 0 bridgehead atoms. The van der Waals surface area contributed by atoms with Crippen LogP contribution in [-0.4, -0.2) is 27.4 Å². The Kier molecular flexibility index (Phi) is 8.85. The van der Waals surface area contributed by atoms with E-state index in [-0.39, 0.29) is 16.4 Å². The van der Waals surface area contributed by atoms with E-state index in [4.69, 9.17) is 4.74 Å². The average molecular weight is 579 g/mol. The number of allylic oxidation sites excluding steroid dienone is 1. The fourth-order valence-corrected chi connectivity index (χ4v) is 5.34. The van der Waals surface area contributed by atoms with Gasteiger partial charge in [0.15, 0.2) is 5.78 Å². The van der Waals surface area contributed by atoms with Crippen LogP contribution in [0.15, 0.2) is 109 Å². The maximum Gasteiger partial charge on any atom is 0.280 e. The van der Waals surface area contributed by atoms with Gasteiger partial charge in [-0.1, -0.05) is 42.5 Å². The van der Waals surface area contributed by atoms with Gasteiger partial charge < -0.3 is 9.30 Å². The summed E-state index contributed by atoms with van der Waals surface area (Å²) in [7, 11) is 1.54. The predicted molar refractivity (Wildman–Crippen MR) is 159 cm³/mol. The van der Waals surface area contributed by atoms with Crippen LogP contribution in [0.3, 0.4) is 0 Å². The Labute approximate surface area is 246 Å². The normalized spacial score (nSPS) is 11.1. The van der Waals surface area contributed by atoms with Gasteiger partial charge in [0.25, 0.3) is 6.43 Å². The van der Waals surface area contributed by atoms with Crippen LogP contribution in [0.1, 0.15) is 39.2 Å². The number of carbonyl (C=O) groups excluding carboxylic acids is 1. The highest BCUT2D eigenvalue weighted by Gasteiger charge is 2.19. The molecule has 0 saturated carbocycles. The molecule has 208 valence electrons. The van der Waals surface area contributed by atoms with E-state index < -0.39 is 12.1 Å². The summed E-state index contributed by atoms with van der Waals surface area (Å²) < 4.78 is 34.9. The Balaban J connectivity index is 1.37. The molecule has 42 heavy (non-hydrogen) atoms. The van der Waals surface area contributed by atoms with Gasteiger partial charge in [-0.05, 0) is 59.7 Å². The number of halogens is 2. The van der Waals surface area contributed by atoms with E-state index in [1.54, 1.807) is 68.2 Å². The van der Waals surface area contributed by atoms with Crippen LogP contribution in [0.2, 0.25) is 0 Å². The molecule has 0 N–H and O–H groups in total. The number of alkyl halides is 2. The van der Waals surface area contributed by atoms with Crippen molar-refractivity contribution in [1.29, 1.82) is 5.26 Å². The van der Waals surface area contributed by atoms with Crippen molar-refractivity contribution >= 4 is 23.6 Å². The van der Waals surface area contributed by atoms with Crippen LogP contribution in [0.4, 0.5) is 8.78 Å². The van der Waals surface area contributed by atoms with E-state index >= 15 is 0 Å². The van der Waals surface area contributed by atoms with Gasteiger partial charge >= 0.3 is 0 Å². The number of nitrogens with zero attached hydrogens (tertiary/aromatic N) is 4. The molecule has 0 saturated heterocycles. The number of thioether (sulfide) groups is 1. The number of ketones is 1. The number of benzene rings is 3. The standard InChI is InChI=1S/C33H24F2N4O2S/c1-41-31-14-8-22(7-13-30(40)24-9-11-26(12-10-24)39-16-15-37-21-39)17-25(31)20-42-33-28(19-36)27(18-29(38-33)32(34)35)23-5-3-2-4-6-23/h2-18,21,32H,20H2,1H3/b13-7+. The number of ether oxygens (including phenoxy) is 1. The van der Waals surface area contributed by atoms with Gasteiger partial charge in [-0.15, -0.1) is 11.8 Å². The lowest BCUT2D eigenvalue weighted by atomic mass is 10.0. The summed E-state index contributed by atoms with van der Waals surface area (Å²) in [6.45, 7) is 0. The first kappa shape index (κ1) is 28.5. The van der Waals surface area contributed by atoms with E-state index in [9.17, 15) is 18.8 Å². The molecule has 5 rings (SSSR count). The Bertz CT molecular complexity index is 1770. The van der Waals surface area contributed by atoms with Gasteiger partial charge in [0.2, 0.25) is 0 Å². The van der Waals surface area contributed by atoms with Crippen molar-refractivity contribution in [2.24, 2.45) is 0 Å². The molecule has 0 aliphatic rings. The van der Waals surface area contributed by atoms with Crippen molar-refractivity contribution in [3.63, 3.8) is 0 Å². The molecule has 0 spiro atoms. The summed E-state index contributed by atoms with van der Waals surface area (Å²) in [6.07, 6.45) is 5.62.